The zero-order chi connectivity index (χ0) is 19.9. The Hall–Kier alpha value is -2.43. The smallest absolute Gasteiger partial charge is 0.148 e. The molecule has 0 saturated carbocycles. The van der Waals surface area contributed by atoms with Gasteiger partial charge in [0.25, 0.3) is 0 Å². The predicted octanol–water partition coefficient (Wildman–Crippen LogP) is 4.27. The van der Waals surface area contributed by atoms with Gasteiger partial charge in [0.1, 0.15) is 5.78 Å². The standard InChI is InChI=1S/C24H28N2O2/c1-24(2,3)19-6-4-5-16(10-19)17-7-8-23-18(9-17)11-20(25-23)13-26-14-22(28)12-21(26)15-27/h4-11,21,25,27H,12-15H2,1-3H3/t21-/m1/s1. The fourth-order valence-corrected chi connectivity index (χ4v) is 4.02. The maximum Gasteiger partial charge on any atom is 0.148 e. The third-order valence-corrected chi connectivity index (χ3v) is 5.68. The SMILES string of the molecule is CC(C)(C)c1cccc(-c2ccc3[nH]c(CN4CC(=O)C[C@@H]4CO)cc3c2)c1. The molecule has 1 fully saturated rings. The second kappa shape index (κ2) is 7.19. The maximum absolute atomic E-state index is 11.7. The van der Waals surface area contributed by atoms with Gasteiger partial charge in [-0.3, -0.25) is 9.69 Å². The highest BCUT2D eigenvalue weighted by atomic mass is 16.3. The molecule has 4 rings (SSSR count). The molecule has 1 saturated heterocycles. The molecule has 2 aromatic carbocycles. The number of ketones is 1. The van der Waals surface area contributed by atoms with Gasteiger partial charge in [-0.1, -0.05) is 51.1 Å². The summed E-state index contributed by atoms with van der Waals surface area (Å²) in [6.45, 7) is 7.80. The van der Waals surface area contributed by atoms with Gasteiger partial charge in [0, 0.05) is 35.6 Å². The molecule has 0 radical (unpaired) electrons. The van der Waals surface area contributed by atoms with Crippen molar-refractivity contribution in [3.8, 4) is 11.1 Å². The van der Waals surface area contributed by atoms with Gasteiger partial charge < -0.3 is 10.1 Å². The van der Waals surface area contributed by atoms with Crippen molar-refractivity contribution in [3.63, 3.8) is 0 Å². The third kappa shape index (κ3) is 3.75. The molecule has 3 aromatic rings. The lowest BCUT2D eigenvalue weighted by molar-refractivity contribution is -0.117. The van der Waals surface area contributed by atoms with E-state index in [2.05, 4.69) is 79.2 Å². The average Bonchev–Trinajstić information content (AvgIpc) is 3.22. The number of Topliss-reactive ketones (excluding diaryl/α,β-unsaturated/α-hetero) is 1. The highest BCUT2D eigenvalue weighted by Gasteiger charge is 2.30. The Labute approximate surface area is 166 Å². The molecule has 28 heavy (non-hydrogen) atoms. The molecule has 0 spiro atoms. The Balaban J connectivity index is 1.61. The summed E-state index contributed by atoms with van der Waals surface area (Å²) in [5.74, 6) is 0.205. The number of aromatic nitrogens is 1. The minimum Gasteiger partial charge on any atom is -0.395 e. The zero-order valence-electron chi connectivity index (χ0n) is 16.8. The Morgan fingerprint density at radius 2 is 1.89 bits per heavy atom. The molecule has 1 atom stereocenters. The fraction of sp³-hybridized carbons (Fsp3) is 0.375. The number of nitrogens with one attached hydrogen (secondary N) is 1. The lowest BCUT2D eigenvalue weighted by atomic mass is 9.85. The number of carbonyl (C=O) groups excluding carboxylic acids is 1. The van der Waals surface area contributed by atoms with Gasteiger partial charge in [-0.15, -0.1) is 0 Å². The first-order chi connectivity index (χ1) is 13.3. The number of hydrogen-bond donors (Lipinski definition) is 2. The third-order valence-electron chi connectivity index (χ3n) is 5.68. The molecule has 1 aliphatic heterocycles. The largest absolute Gasteiger partial charge is 0.395 e. The summed E-state index contributed by atoms with van der Waals surface area (Å²) in [6, 6.07) is 17.3. The first kappa shape index (κ1) is 18.9. The van der Waals surface area contributed by atoms with Crippen molar-refractivity contribution in [2.24, 2.45) is 0 Å². The van der Waals surface area contributed by atoms with Gasteiger partial charge in [-0.25, -0.2) is 0 Å². The van der Waals surface area contributed by atoms with E-state index >= 15 is 0 Å². The maximum atomic E-state index is 11.7. The molecule has 1 aliphatic rings. The number of carbonyl (C=O) groups is 1. The van der Waals surface area contributed by atoms with E-state index in [0.717, 1.165) is 11.2 Å². The molecule has 0 aliphatic carbocycles. The van der Waals surface area contributed by atoms with Crippen molar-refractivity contribution in [2.45, 2.75) is 45.2 Å². The molecule has 4 nitrogen and oxygen atoms in total. The van der Waals surface area contributed by atoms with Crippen LogP contribution in [0.3, 0.4) is 0 Å². The topological polar surface area (TPSA) is 56.3 Å². The molecule has 2 N–H and O–H groups in total. The van der Waals surface area contributed by atoms with Gasteiger partial charge in [0.2, 0.25) is 0 Å². The Bertz CT molecular complexity index is 1010. The van der Waals surface area contributed by atoms with Crippen LogP contribution in [0.5, 0.6) is 0 Å². The minimum atomic E-state index is -0.0605. The first-order valence-electron chi connectivity index (χ1n) is 9.92. The summed E-state index contributed by atoms with van der Waals surface area (Å²) < 4.78 is 0. The van der Waals surface area contributed by atoms with Crippen LogP contribution in [0.4, 0.5) is 0 Å². The molecule has 4 heteroatoms. The fourth-order valence-electron chi connectivity index (χ4n) is 4.02. The Kier molecular flexibility index (Phi) is 4.86. The number of likely N-dealkylation sites (tertiary alicyclic amines) is 1. The number of H-pyrrole nitrogens is 1. The van der Waals surface area contributed by atoms with E-state index in [1.807, 2.05) is 0 Å². The van der Waals surface area contributed by atoms with E-state index in [1.54, 1.807) is 0 Å². The van der Waals surface area contributed by atoms with E-state index in [4.69, 9.17) is 0 Å². The molecule has 146 valence electrons. The number of fused-ring (bicyclic) bond motifs is 1. The summed E-state index contributed by atoms with van der Waals surface area (Å²) in [4.78, 5) is 17.2. The highest BCUT2D eigenvalue weighted by molar-refractivity contribution is 5.86. The molecule has 0 unspecified atom stereocenters. The van der Waals surface area contributed by atoms with Crippen LogP contribution in [0.25, 0.3) is 22.0 Å². The second-order valence-electron chi connectivity index (χ2n) is 8.91. The normalized spacial score (nSPS) is 18.3. The van der Waals surface area contributed by atoms with Gasteiger partial charge in [-0.05, 0) is 40.3 Å². The summed E-state index contributed by atoms with van der Waals surface area (Å²) in [7, 11) is 0. The van der Waals surface area contributed by atoms with Gasteiger partial charge in [0.15, 0.2) is 0 Å². The number of rotatable bonds is 4. The number of benzene rings is 2. The van der Waals surface area contributed by atoms with Crippen LogP contribution in [0.1, 0.15) is 38.4 Å². The highest BCUT2D eigenvalue weighted by Crippen LogP contribution is 2.30. The molecule has 2 heterocycles. The van der Waals surface area contributed by atoms with Crippen molar-refractivity contribution in [2.75, 3.05) is 13.2 Å². The number of aliphatic hydroxyl groups excluding tert-OH is 1. The first-order valence-corrected chi connectivity index (χ1v) is 9.92. The van der Waals surface area contributed by atoms with Crippen molar-refractivity contribution < 1.29 is 9.90 Å². The van der Waals surface area contributed by atoms with E-state index in [9.17, 15) is 9.90 Å². The van der Waals surface area contributed by atoms with Crippen molar-refractivity contribution >= 4 is 16.7 Å². The number of aliphatic hydroxyl groups is 1. The molecule has 1 aromatic heterocycles. The summed E-state index contributed by atoms with van der Waals surface area (Å²) in [5.41, 5.74) is 6.04. The summed E-state index contributed by atoms with van der Waals surface area (Å²) in [6.07, 6.45) is 0.449. The quantitative estimate of drug-likeness (QED) is 0.715. The van der Waals surface area contributed by atoms with E-state index < -0.39 is 0 Å². The van der Waals surface area contributed by atoms with Gasteiger partial charge >= 0.3 is 0 Å². The number of nitrogens with zero attached hydrogens (tertiary/aromatic N) is 1. The Morgan fingerprint density at radius 1 is 1.11 bits per heavy atom. The van der Waals surface area contributed by atoms with Crippen LogP contribution in [-0.2, 0) is 16.8 Å². The van der Waals surface area contributed by atoms with Gasteiger partial charge in [0.05, 0.1) is 13.2 Å². The van der Waals surface area contributed by atoms with Crippen molar-refractivity contribution in [1.82, 2.24) is 9.88 Å². The van der Waals surface area contributed by atoms with Crippen LogP contribution in [0.2, 0.25) is 0 Å². The van der Waals surface area contributed by atoms with Crippen molar-refractivity contribution in [3.05, 3.63) is 59.8 Å². The average molecular weight is 377 g/mol. The van der Waals surface area contributed by atoms with E-state index in [0.29, 0.717) is 19.5 Å². The lowest BCUT2D eigenvalue weighted by Crippen LogP contribution is -2.31. The molecule has 0 amide bonds. The van der Waals surface area contributed by atoms with Gasteiger partial charge in [-0.2, -0.15) is 0 Å². The summed E-state index contributed by atoms with van der Waals surface area (Å²) in [5, 5.41) is 10.7. The molecular formula is C24H28N2O2. The number of aromatic amines is 1. The van der Waals surface area contributed by atoms with Crippen LogP contribution in [-0.4, -0.2) is 40.0 Å². The zero-order valence-corrected chi connectivity index (χ0v) is 16.8. The number of hydrogen-bond acceptors (Lipinski definition) is 3. The summed E-state index contributed by atoms with van der Waals surface area (Å²) >= 11 is 0. The second-order valence-corrected chi connectivity index (χ2v) is 8.91. The van der Waals surface area contributed by atoms with E-state index in [-0.39, 0.29) is 23.8 Å². The minimum absolute atomic E-state index is 0.0280. The monoisotopic (exact) mass is 376 g/mol. The van der Waals surface area contributed by atoms with E-state index in [1.165, 1.54) is 22.1 Å². The predicted molar refractivity (Wildman–Crippen MR) is 113 cm³/mol. The molecule has 0 bridgehead atoms. The van der Waals surface area contributed by atoms with Crippen molar-refractivity contribution in [1.29, 1.82) is 0 Å². The van der Waals surface area contributed by atoms with Crippen LogP contribution >= 0.6 is 0 Å². The Morgan fingerprint density at radius 3 is 2.64 bits per heavy atom. The van der Waals surface area contributed by atoms with Crippen LogP contribution in [0, 0.1) is 0 Å². The molecular weight excluding hydrogens is 348 g/mol. The van der Waals surface area contributed by atoms with Crippen LogP contribution < -0.4 is 0 Å². The lowest BCUT2D eigenvalue weighted by Gasteiger charge is -2.20. The van der Waals surface area contributed by atoms with Crippen LogP contribution in [0.15, 0.2) is 48.5 Å².